The Bertz CT molecular complexity index is 1280. The quantitative estimate of drug-likeness (QED) is 0.102. The zero-order chi connectivity index (χ0) is 33.0. The number of thioether (sulfide) groups is 1. The third-order valence-electron chi connectivity index (χ3n) is 7.31. The number of carbonyl (C=O) groups excluding carboxylic acids is 2. The van der Waals surface area contributed by atoms with Crippen LogP contribution in [-0.4, -0.2) is 125 Å². The van der Waals surface area contributed by atoms with Gasteiger partial charge in [-0.2, -0.15) is 0 Å². The van der Waals surface area contributed by atoms with E-state index < -0.39 is 94.5 Å². The molecule has 45 heavy (non-hydrogen) atoms. The molecule has 0 bridgehead atoms. The molecular weight excluding hydrogens is 624 g/mol. The number of rotatable bonds is 10. The molecular formula is C26H30N4O14S. The van der Waals surface area contributed by atoms with E-state index in [4.69, 9.17) is 9.47 Å². The summed E-state index contributed by atoms with van der Waals surface area (Å²) in [5, 5.41) is 89.9. The average Bonchev–Trinajstić information content (AvgIpc) is 3.03. The van der Waals surface area contributed by atoms with Gasteiger partial charge in [-0.3, -0.25) is 29.8 Å². The number of carbonyl (C=O) groups is 2. The Morgan fingerprint density at radius 3 is 1.29 bits per heavy atom. The number of nitrogens with one attached hydrogen (secondary N) is 2. The second-order valence-corrected chi connectivity index (χ2v) is 11.4. The minimum Gasteiger partial charge on any atom is -0.394 e. The van der Waals surface area contributed by atoms with E-state index in [9.17, 15) is 60.5 Å². The number of hydrogen-bond acceptors (Lipinski definition) is 15. The summed E-state index contributed by atoms with van der Waals surface area (Å²) in [5.74, 6) is -1.64. The van der Waals surface area contributed by atoms with Gasteiger partial charge in [0, 0.05) is 35.4 Å². The maximum atomic E-state index is 12.9. The largest absolute Gasteiger partial charge is 0.394 e. The predicted molar refractivity (Wildman–Crippen MR) is 152 cm³/mol. The zero-order valence-corrected chi connectivity index (χ0v) is 23.9. The van der Waals surface area contributed by atoms with E-state index in [0.717, 1.165) is 24.3 Å². The molecule has 2 amide bonds. The van der Waals surface area contributed by atoms with Gasteiger partial charge in [-0.1, -0.05) is 11.8 Å². The smallest absolute Gasteiger partial charge is 0.269 e. The number of aliphatic hydroxyl groups is 6. The first-order valence-electron chi connectivity index (χ1n) is 13.4. The Balaban J connectivity index is 1.50. The van der Waals surface area contributed by atoms with Gasteiger partial charge in [0.15, 0.2) is 0 Å². The molecule has 10 atom stereocenters. The van der Waals surface area contributed by atoms with Crippen LogP contribution in [0.15, 0.2) is 48.5 Å². The van der Waals surface area contributed by atoms with Crippen LogP contribution in [-0.2, 0) is 9.47 Å². The molecule has 244 valence electrons. The minimum absolute atomic E-state index is 0.0336. The Labute approximate surface area is 257 Å². The highest BCUT2D eigenvalue weighted by atomic mass is 32.2. The van der Waals surface area contributed by atoms with Crippen LogP contribution in [0.2, 0.25) is 0 Å². The lowest BCUT2D eigenvalue weighted by atomic mass is 9.96. The number of benzene rings is 2. The number of nitro benzene ring substituents is 2. The second-order valence-electron chi connectivity index (χ2n) is 10.2. The molecule has 2 heterocycles. The number of aliphatic hydroxyl groups excluding tert-OH is 6. The van der Waals surface area contributed by atoms with E-state index in [0.29, 0.717) is 11.8 Å². The zero-order valence-electron chi connectivity index (χ0n) is 23.1. The topological polar surface area (TPSA) is 284 Å². The van der Waals surface area contributed by atoms with Crippen LogP contribution in [0.3, 0.4) is 0 Å². The molecule has 18 nitrogen and oxygen atoms in total. The molecule has 0 spiro atoms. The lowest BCUT2D eigenvalue weighted by Gasteiger charge is -2.46. The van der Waals surface area contributed by atoms with Gasteiger partial charge >= 0.3 is 0 Å². The van der Waals surface area contributed by atoms with Gasteiger partial charge in [-0.05, 0) is 24.3 Å². The van der Waals surface area contributed by atoms with Crippen molar-refractivity contribution in [2.45, 2.75) is 59.6 Å². The number of nitro groups is 2. The van der Waals surface area contributed by atoms with Crippen molar-refractivity contribution >= 4 is 35.0 Å². The first-order chi connectivity index (χ1) is 21.4. The van der Waals surface area contributed by atoms with Gasteiger partial charge in [-0.15, -0.1) is 0 Å². The summed E-state index contributed by atoms with van der Waals surface area (Å²) < 4.78 is 11.2. The Hall–Kier alpha value is -3.79. The molecule has 19 heteroatoms. The fraction of sp³-hybridized carbons (Fsp3) is 0.462. The molecule has 0 saturated carbocycles. The Kier molecular flexibility index (Phi) is 11.0. The van der Waals surface area contributed by atoms with Crippen LogP contribution in [0, 0.1) is 20.2 Å². The maximum absolute atomic E-state index is 12.9. The minimum atomic E-state index is -1.70. The maximum Gasteiger partial charge on any atom is 0.269 e. The monoisotopic (exact) mass is 654 g/mol. The number of ether oxygens (including phenoxy) is 2. The Morgan fingerprint density at radius 1 is 0.667 bits per heavy atom. The summed E-state index contributed by atoms with van der Waals surface area (Å²) in [5.41, 5.74) is -3.40. The summed E-state index contributed by atoms with van der Waals surface area (Å²) in [6.45, 7) is -1.51. The summed E-state index contributed by atoms with van der Waals surface area (Å²) in [6.07, 6.45) is -9.32. The molecule has 2 aliphatic heterocycles. The molecule has 2 saturated heterocycles. The van der Waals surface area contributed by atoms with Gasteiger partial charge < -0.3 is 50.7 Å². The molecule has 2 fully saturated rings. The SMILES string of the molecule is O=C(N[C@@H]1[C@H](O)[C@H](CO)O[C@H](S[C@@H]2O[C@H](CO)[C@H](O)[C@H](NC(=O)c3ccc([N+](=O)[O-])cc3)[C@H]2O)[C@H]1O)c1ccc([N+](=O)[O-])cc1. The number of hydrogen-bond donors (Lipinski definition) is 8. The van der Waals surface area contributed by atoms with E-state index >= 15 is 0 Å². The molecule has 0 aliphatic carbocycles. The third-order valence-corrected chi connectivity index (χ3v) is 8.63. The van der Waals surface area contributed by atoms with Gasteiger partial charge in [0.2, 0.25) is 0 Å². The molecule has 2 aromatic carbocycles. The number of amides is 2. The number of non-ortho nitro benzene ring substituents is 2. The van der Waals surface area contributed by atoms with Crippen molar-refractivity contribution in [1.29, 1.82) is 0 Å². The van der Waals surface area contributed by atoms with Crippen LogP contribution in [0.5, 0.6) is 0 Å². The van der Waals surface area contributed by atoms with Crippen LogP contribution in [0.4, 0.5) is 11.4 Å². The Morgan fingerprint density at radius 2 is 1.00 bits per heavy atom. The van der Waals surface area contributed by atoms with E-state index in [-0.39, 0.29) is 22.5 Å². The summed E-state index contributed by atoms with van der Waals surface area (Å²) in [6, 6.07) is 6.12. The molecule has 0 aromatic heterocycles. The van der Waals surface area contributed by atoms with Crippen LogP contribution < -0.4 is 10.6 Å². The second kappa shape index (κ2) is 14.5. The van der Waals surface area contributed by atoms with Crippen molar-refractivity contribution in [2.75, 3.05) is 13.2 Å². The van der Waals surface area contributed by atoms with E-state index in [2.05, 4.69) is 10.6 Å². The summed E-state index contributed by atoms with van der Waals surface area (Å²) in [7, 11) is 0. The van der Waals surface area contributed by atoms with Crippen molar-refractivity contribution in [2.24, 2.45) is 0 Å². The first kappa shape index (κ1) is 34.1. The van der Waals surface area contributed by atoms with E-state index in [1.54, 1.807) is 0 Å². The predicted octanol–water partition coefficient (Wildman–Crippen LogP) is -1.99. The molecule has 2 aromatic rings. The van der Waals surface area contributed by atoms with Crippen molar-refractivity contribution in [3.05, 3.63) is 79.9 Å². The van der Waals surface area contributed by atoms with Crippen molar-refractivity contribution < 1.29 is 59.5 Å². The van der Waals surface area contributed by atoms with Crippen molar-refractivity contribution in [3.8, 4) is 0 Å². The normalized spacial score (nSPS) is 31.5. The highest BCUT2D eigenvalue weighted by Crippen LogP contribution is 2.37. The molecule has 0 radical (unpaired) electrons. The lowest BCUT2D eigenvalue weighted by Crippen LogP contribution is -2.66. The standard InChI is InChI=1S/C26H30N4O14S/c31-9-15-19(33)17(27-23(37)11-1-5-13(6-2-11)29(39)40)21(35)25(43-15)45-26-22(36)18(20(34)16(10-32)44-26)28-24(38)12-3-7-14(8-4-12)30(41)42/h1-8,15-22,25-26,31-36H,9-10H2,(H,27,37)(H,28,38)/t15-,16+,17+,18-,19+,20-,21-,22+,25+,26-. The van der Waals surface area contributed by atoms with Gasteiger partial charge in [0.1, 0.15) is 47.5 Å². The summed E-state index contributed by atoms with van der Waals surface area (Å²) >= 11 is 0.622. The fourth-order valence-corrected chi connectivity index (χ4v) is 6.15. The van der Waals surface area contributed by atoms with Crippen LogP contribution in [0.25, 0.3) is 0 Å². The van der Waals surface area contributed by atoms with Gasteiger partial charge in [0.25, 0.3) is 23.2 Å². The first-order valence-corrected chi connectivity index (χ1v) is 14.3. The van der Waals surface area contributed by atoms with E-state index in [1.807, 2.05) is 0 Å². The fourth-order valence-electron chi connectivity index (χ4n) is 4.81. The highest BCUT2D eigenvalue weighted by molar-refractivity contribution is 8.00. The van der Waals surface area contributed by atoms with Crippen molar-refractivity contribution in [3.63, 3.8) is 0 Å². The third kappa shape index (κ3) is 7.54. The highest BCUT2D eigenvalue weighted by Gasteiger charge is 2.50. The van der Waals surface area contributed by atoms with Crippen molar-refractivity contribution in [1.82, 2.24) is 10.6 Å². The molecule has 0 unspecified atom stereocenters. The average molecular weight is 655 g/mol. The van der Waals surface area contributed by atoms with E-state index in [1.165, 1.54) is 24.3 Å². The molecule has 2 aliphatic rings. The lowest BCUT2D eigenvalue weighted by molar-refractivity contribution is -0.385. The number of nitrogens with zero attached hydrogens (tertiary/aromatic N) is 2. The molecule has 8 N–H and O–H groups in total. The summed E-state index contributed by atoms with van der Waals surface area (Å²) in [4.78, 5) is 46.2. The van der Waals surface area contributed by atoms with Crippen LogP contribution >= 0.6 is 11.8 Å². The molecule has 4 rings (SSSR count). The van der Waals surface area contributed by atoms with Crippen LogP contribution in [0.1, 0.15) is 20.7 Å². The van der Waals surface area contributed by atoms with Gasteiger partial charge in [0.05, 0.1) is 35.1 Å². The van der Waals surface area contributed by atoms with Gasteiger partial charge in [-0.25, -0.2) is 0 Å².